The molecule has 0 radical (unpaired) electrons. The van der Waals surface area contributed by atoms with Crippen LogP contribution in [0.2, 0.25) is 0 Å². The first-order valence-corrected chi connectivity index (χ1v) is 11.0. The molecule has 28 heavy (non-hydrogen) atoms. The van der Waals surface area contributed by atoms with Crippen LogP contribution in [-0.4, -0.2) is 24.6 Å². The van der Waals surface area contributed by atoms with Gasteiger partial charge in [-0.2, -0.15) is 0 Å². The zero-order valence-corrected chi connectivity index (χ0v) is 17.8. The zero-order valence-electron chi connectivity index (χ0n) is 17.8. The number of allylic oxidation sites excluding steroid dienone is 1. The van der Waals surface area contributed by atoms with Gasteiger partial charge in [0.05, 0.1) is 7.11 Å². The van der Waals surface area contributed by atoms with Gasteiger partial charge < -0.3 is 4.74 Å². The summed E-state index contributed by atoms with van der Waals surface area (Å²) < 4.78 is 4.97. The lowest BCUT2D eigenvalue weighted by Gasteiger charge is -2.60. The minimum Gasteiger partial charge on any atom is -0.469 e. The second-order valence-electron chi connectivity index (χ2n) is 10.3. The van der Waals surface area contributed by atoms with Gasteiger partial charge in [0.1, 0.15) is 5.78 Å². The summed E-state index contributed by atoms with van der Waals surface area (Å²) in [6.07, 6.45) is 9.12. The average Bonchev–Trinajstić information content (AvgIpc) is 3.00. The summed E-state index contributed by atoms with van der Waals surface area (Å²) in [4.78, 5) is 36.8. The van der Waals surface area contributed by atoms with Gasteiger partial charge in [0.25, 0.3) is 0 Å². The third-order valence-electron chi connectivity index (χ3n) is 9.41. The summed E-state index contributed by atoms with van der Waals surface area (Å²) in [5.41, 5.74) is 1.30. The molecule has 154 valence electrons. The highest BCUT2D eigenvalue weighted by molar-refractivity contribution is 5.92. The highest BCUT2D eigenvalue weighted by Gasteiger charge is 2.61. The van der Waals surface area contributed by atoms with E-state index in [9.17, 15) is 14.4 Å². The third-order valence-corrected chi connectivity index (χ3v) is 9.41. The van der Waals surface area contributed by atoms with E-state index in [-0.39, 0.29) is 34.4 Å². The maximum absolute atomic E-state index is 12.4. The largest absolute Gasteiger partial charge is 0.469 e. The number of hydrogen-bond donors (Lipinski definition) is 0. The molecule has 0 aliphatic heterocycles. The molecular weight excluding hydrogens is 352 g/mol. The third kappa shape index (κ3) is 2.74. The van der Waals surface area contributed by atoms with Crippen LogP contribution >= 0.6 is 0 Å². The first-order valence-electron chi connectivity index (χ1n) is 11.0. The summed E-state index contributed by atoms with van der Waals surface area (Å²) in [5, 5.41) is 0. The Labute approximate surface area is 168 Å². The normalized spacial score (nSPS) is 44.8. The first-order chi connectivity index (χ1) is 13.2. The Bertz CT molecular complexity index is 737. The van der Waals surface area contributed by atoms with Crippen LogP contribution in [-0.2, 0) is 19.1 Å². The van der Waals surface area contributed by atoms with Crippen molar-refractivity contribution in [2.45, 2.75) is 72.1 Å². The van der Waals surface area contributed by atoms with Crippen molar-refractivity contribution < 1.29 is 19.1 Å². The van der Waals surface area contributed by atoms with Crippen molar-refractivity contribution in [2.24, 2.45) is 40.4 Å². The van der Waals surface area contributed by atoms with Gasteiger partial charge >= 0.3 is 5.97 Å². The molecule has 0 N–H and O–H groups in total. The molecule has 4 rings (SSSR count). The van der Waals surface area contributed by atoms with Crippen LogP contribution in [0.15, 0.2) is 11.6 Å². The molecule has 4 heteroatoms. The number of carbonyl (C=O) groups excluding carboxylic acids is 3. The highest BCUT2D eigenvalue weighted by atomic mass is 16.5. The van der Waals surface area contributed by atoms with E-state index in [0.29, 0.717) is 36.4 Å². The van der Waals surface area contributed by atoms with E-state index >= 15 is 0 Å². The topological polar surface area (TPSA) is 60.4 Å². The van der Waals surface area contributed by atoms with Crippen molar-refractivity contribution in [3.8, 4) is 0 Å². The molecule has 4 aliphatic rings. The molecule has 0 spiro atoms. The molecule has 0 amide bonds. The number of hydrogen-bond acceptors (Lipinski definition) is 4. The molecule has 0 heterocycles. The number of esters is 1. The lowest BCUT2D eigenvalue weighted by atomic mass is 9.44. The Hall–Kier alpha value is -1.45. The van der Waals surface area contributed by atoms with E-state index in [1.807, 2.05) is 6.08 Å². The predicted molar refractivity (Wildman–Crippen MR) is 106 cm³/mol. The van der Waals surface area contributed by atoms with Gasteiger partial charge in [0.15, 0.2) is 5.78 Å². The molecule has 3 saturated carbocycles. The molecule has 0 aromatic rings. The second kappa shape index (κ2) is 6.81. The Morgan fingerprint density at radius 3 is 2.57 bits per heavy atom. The van der Waals surface area contributed by atoms with Crippen LogP contribution < -0.4 is 0 Å². The maximum atomic E-state index is 12.4. The van der Waals surface area contributed by atoms with Crippen molar-refractivity contribution in [1.82, 2.24) is 0 Å². The smallest absolute Gasteiger partial charge is 0.305 e. The molecule has 0 aromatic heterocycles. The maximum Gasteiger partial charge on any atom is 0.305 e. The molecule has 4 aliphatic carbocycles. The van der Waals surface area contributed by atoms with Gasteiger partial charge in [-0.1, -0.05) is 19.4 Å². The molecule has 4 nitrogen and oxygen atoms in total. The Morgan fingerprint density at radius 1 is 1.14 bits per heavy atom. The SMILES string of the molecule is COC(=O)CC1CC(=O)C=C2CC[C@H]3[C@@H]4CC[C@H](C(C)=O)[C@@]4(C)CC[C@@H]3[C@]21C. The van der Waals surface area contributed by atoms with Crippen molar-refractivity contribution in [2.75, 3.05) is 7.11 Å². The van der Waals surface area contributed by atoms with Crippen molar-refractivity contribution in [3.05, 3.63) is 11.6 Å². The van der Waals surface area contributed by atoms with E-state index in [2.05, 4.69) is 13.8 Å². The van der Waals surface area contributed by atoms with Crippen LogP contribution in [0.1, 0.15) is 72.1 Å². The number of fused-ring (bicyclic) bond motifs is 5. The Kier molecular flexibility index (Phi) is 4.83. The van der Waals surface area contributed by atoms with Gasteiger partial charge in [-0.05, 0) is 86.0 Å². The van der Waals surface area contributed by atoms with Crippen molar-refractivity contribution >= 4 is 17.5 Å². The average molecular weight is 387 g/mol. The molecule has 7 atom stereocenters. The summed E-state index contributed by atoms with van der Waals surface area (Å²) in [6, 6.07) is 0. The molecule has 1 unspecified atom stereocenters. The van der Waals surface area contributed by atoms with Gasteiger partial charge in [-0.25, -0.2) is 0 Å². The Balaban J connectivity index is 1.69. The molecule has 3 fully saturated rings. The van der Waals surface area contributed by atoms with Gasteiger partial charge in [0, 0.05) is 18.8 Å². The summed E-state index contributed by atoms with van der Waals surface area (Å²) in [7, 11) is 1.43. The lowest BCUT2D eigenvalue weighted by molar-refractivity contribution is -0.146. The number of ether oxygens (including phenoxy) is 1. The zero-order chi connectivity index (χ0) is 20.3. The van der Waals surface area contributed by atoms with Crippen LogP contribution in [0.25, 0.3) is 0 Å². The van der Waals surface area contributed by atoms with Crippen LogP contribution in [0, 0.1) is 40.4 Å². The lowest BCUT2D eigenvalue weighted by Crippen LogP contribution is -2.54. The summed E-state index contributed by atoms with van der Waals surface area (Å²) >= 11 is 0. The predicted octanol–water partition coefficient (Wildman–Crippen LogP) is 4.51. The molecular formula is C24H34O4. The first kappa shape index (κ1) is 19.8. The van der Waals surface area contributed by atoms with E-state index in [1.54, 1.807) is 6.92 Å². The monoisotopic (exact) mass is 386 g/mol. The van der Waals surface area contributed by atoms with Crippen LogP contribution in [0.4, 0.5) is 0 Å². The minimum absolute atomic E-state index is 0.0367. The second-order valence-corrected chi connectivity index (χ2v) is 10.3. The number of ketones is 2. The van der Waals surface area contributed by atoms with Crippen LogP contribution in [0.3, 0.4) is 0 Å². The number of rotatable bonds is 3. The highest BCUT2D eigenvalue weighted by Crippen LogP contribution is 2.67. The van der Waals surface area contributed by atoms with Crippen molar-refractivity contribution in [1.29, 1.82) is 0 Å². The fourth-order valence-electron chi connectivity index (χ4n) is 8.00. The van der Waals surface area contributed by atoms with Crippen molar-refractivity contribution in [3.63, 3.8) is 0 Å². The van der Waals surface area contributed by atoms with Gasteiger partial charge in [0.2, 0.25) is 0 Å². The number of Topliss-reactive ketones (excluding diaryl/α,β-unsaturated/α-hetero) is 1. The fraction of sp³-hybridized carbons (Fsp3) is 0.792. The van der Waals surface area contributed by atoms with E-state index in [1.165, 1.54) is 12.7 Å². The quantitative estimate of drug-likeness (QED) is 0.670. The fourth-order valence-corrected chi connectivity index (χ4v) is 8.00. The van der Waals surface area contributed by atoms with E-state index in [4.69, 9.17) is 4.74 Å². The van der Waals surface area contributed by atoms with Gasteiger partial charge in [-0.3, -0.25) is 14.4 Å². The van der Waals surface area contributed by atoms with Gasteiger partial charge in [-0.15, -0.1) is 0 Å². The van der Waals surface area contributed by atoms with Crippen LogP contribution in [0.5, 0.6) is 0 Å². The van der Waals surface area contributed by atoms with E-state index < -0.39 is 0 Å². The standard InChI is InChI=1S/C24H34O4/c1-14(25)19-7-8-20-18-6-5-15-11-17(26)12-16(13-22(27)28-4)24(15,3)21(18)9-10-23(19,20)2/h11,16,18-21H,5-10,12-13H2,1-4H3/t16?,18-,19+,20-,21-,23+,24+/m0/s1. The molecule has 0 saturated heterocycles. The number of carbonyl (C=O) groups is 3. The summed E-state index contributed by atoms with van der Waals surface area (Å²) in [5.74, 6) is 2.25. The number of methoxy groups -OCH3 is 1. The van der Waals surface area contributed by atoms with E-state index in [0.717, 1.165) is 38.5 Å². The molecule has 0 bridgehead atoms. The summed E-state index contributed by atoms with van der Waals surface area (Å²) in [6.45, 7) is 6.44. The minimum atomic E-state index is -0.208. The molecule has 0 aromatic carbocycles. The Morgan fingerprint density at radius 2 is 1.89 bits per heavy atom.